The molecule has 3 rings (SSSR count). The van der Waals surface area contributed by atoms with E-state index in [0.29, 0.717) is 24.2 Å². The van der Waals surface area contributed by atoms with Crippen LogP contribution in [0.3, 0.4) is 0 Å². The SMILES string of the molecule is Nc1cc(-c2cccc(Br)c2)nc2c1C(=O)NCC2. The molecule has 1 amide bonds. The normalized spacial score (nSPS) is 13.8. The van der Waals surface area contributed by atoms with Crippen molar-refractivity contribution in [3.8, 4) is 11.3 Å². The van der Waals surface area contributed by atoms with Gasteiger partial charge in [0.15, 0.2) is 0 Å². The number of carbonyl (C=O) groups is 1. The van der Waals surface area contributed by atoms with Crippen molar-refractivity contribution in [2.75, 3.05) is 12.3 Å². The van der Waals surface area contributed by atoms with E-state index in [4.69, 9.17) is 5.73 Å². The second-order valence-corrected chi connectivity index (χ2v) is 5.35. The smallest absolute Gasteiger partial charge is 0.255 e. The standard InChI is InChI=1S/C14H12BrN3O/c15-9-3-1-2-8(6-9)12-7-10(16)13-11(18-12)4-5-17-14(13)19/h1-3,6-7H,4-5H2,(H2,16,18)(H,17,19). The van der Waals surface area contributed by atoms with Gasteiger partial charge in [-0.1, -0.05) is 28.1 Å². The largest absolute Gasteiger partial charge is 0.398 e. The molecule has 0 atom stereocenters. The zero-order valence-corrected chi connectivity index (χ0v) is 11.7. The van der Waals surface area contributed by atoms with Crippen molar-refractivity contribution in [2.24, 2.45) is 0 Å². The van der Waals surface area contributed by atoms with Gasteiger partial charge < -0.3 is 11.1 Å². The number of rotatable bonds is 1. The molecule has 1 aliphatic heterocycles. The van der Waals surface area contributed by atoms with Gasteiger partial charge in [0.05, 0.1) is 17.0 Å². The fourth-order valence-electron chi connectivity index (χ4n) is 2.24. The van der Waals surface area contributed by atoms with Crippen LogP contribution < -0.4 is 11.1 Å². The van der Waals surface area contributed by atoms with Crippen LogP contribution in [0.15, 0.2) is 34.8 Å². The summed E-state index contributed by atoms with van der Waals surface area (Å²) in [7, 11) is 0. The van der Waals surface area contributed by atoms with E-state index in [9.17, 15) is 4.79 Å². The maximum atomic E-state index is 11.8. The fraction of sp³-hybridized carbons (Fsp3) is 0.143. The molecule has 0 fully saturated rings. The molecule has 96 valence electrons. The van der Waals surface area contributed by atoms with Gasteiger partial charge >= 0.3 is 0 Å². The van der Waals surface area contributed by atoms with Crippen LogP contribution in [0.4, 0.5) is 5.69 Å². The average molecular weight is 318 g/mol. The van der Waals surface area contributed by atoms with Crippen LogP contribution in [0.2, 0.25) is 0 Å². The van der Waals surface area contributed by atoms with Crippen molar-refractivity contribution in [1.82, 2.24) is 10.3 Å². The van der Waals surface area contributed by atoms with E-state index < -0.39 is 0 Å². The number of nitrogen functional groups attached to an aromatic ring is 1. The van der Waals surface area contributed by atoms with Gasteiger partial charge in [-0.05, 0) is 18.2 Å². The first kappa shape index (κ1) is 12.2. The van der Waals surface area contributed by atoms with E-state index in [-0.39, 0.29) is 5.91 Å². The molecule has 1 aliphatic rings. The third-order valence-corrected chi connectivity index (χ3v) is 3.61. The highest BCUT2D eigenvalue weighted by Crippen LogP contribution is 2.27. The summed E-state index contributed by atoms with van der Waals surface area (Å²) in [6, 6.07) is 9.62. The highest BCUT2D eigenvalue weighted by atomic mass is 79.9. The van der Waals surface area contributed by atoms with Crippen molar-refractivity contribution in [3.63, 3.8) is 0 Å². The lowest BCUT2D eigenvalue weighted by Crippen LogP contribution is -2.33. The van der Waals surface area contributed by atoms with Gasteiger partial charge in [-0.25, -0.2) is 0 Å². The Morgan fingerprint density at radius 2 is 2.16 bits per heavy atom. The van der Waals surface area contributed by atoms with E-state index in [2.05, 4.69) is 26.2 Å². The molecule has 0 saturated carbocycles. The van der Waals surface area contributed by atoms with Gasteiger partial charge in [-0.15, -0.1) is 0 Å². The molecule has 0 bridgehead atoms. The van der Waals surface area contributed by atoms with Crippen molar-refractivity contribution in [1.29, 1.82) is 0 Å². The number of carbonyl (C=O) groups excluding carboxylic acids is 1. The summed E-state index contributed by atoms with van der Waals surface area (Å²) < 4.78 is 0.987. The number of nitrogens with zero attached hydrogens (tertiary/aromatic N) is 1. The molecule has 1 aromatic heterocycles. The van der Waals surface area contributed by atoms with E-state index in [0.717, 1.165) is 21.4 Å². The van der Waals surface area contributed by atoms with Gasteiger partial charge in [0, 0.05) is 28.7 Å². The average Bonchev–Trinajstić information content (AvgIpc) is 2.38. The maximum absolute atomic E-state index is 11.8. The molecule has 0 unspecified atom stereocenters. The molecule has 5 heteroatoms. The molecule has 19 heavy (non-hydrogen) atoms. The summed E-state index contributed by atoms with van der Waals surface area (Å²) in [5, 5.41) is 2.78. The summed E-state index contributed by atoms with van der Waals surface area (Å²) in [5.74, 6) is -0.132. The van der Waals surface area contributed by atoms with Gasteiger partial charge in [0.25, 0.3) is 5.91 Å². The first-order valence-electron chi connectivity index (χ1n) is 5.98. The Morgan fingerprint density at radius 3 is 2.95 bits per heavy atom. The molecule has 2 heterocycles. The number of aromatic nitrogens is 1. The van der Waals surface area contributed by atoms with Crippen LogP contribution in [-0.2, 0) is 6.42 Å². The summed E-state index contributed by atoms with van der Waals surface area (Å²) in [6.45, 7) is 0.611. The third kappa shape index (κ3) is 2.21. The number of hydrogen-bond donors (Lipinski definition) is 2. The number of hydrogen-bond acceptors (Lipinski definition) is 3. The molecule has 0 saturated heterocycles. The molecule has 4 nitrogen and oxygen atoms in total. The highest BCUT2D eigenvalue weighted by molar-refractivity contribution is 9.10. The minimum absolute atomic E-state index is 0.132. The number of nitrogens with two attached hydrogens (primary N) is 1. The number of pyridine rings is 1. The summed E-state index contributed by atoms with van der Waals surface area (Å²) in [6.07, 6.45) is 0.715. The molecule has 2 aromatic rings. The van der Waals surface area contributed by atoms with Crippen LogP contribution in [0.25, 0.3) is 11.3 Å². The van der Waals surface area contributed by atoms with Crippen molar-refractivity contribution in [2.45, 2.75) is 6.42 Å². The molecular weight excluding hydrogens is 306 g/mol. The Kier molecular flexibility index (Phi) is 2.98. The zero-order valence-electron chi connectivity index (χ0n) is 10.1. The third-order valence-electron chi connectivity index (χ3n) is 3.12. The Balaban J connectivity index is 2.15. The van der Waals surface area contributed by atoms with Crippen LogP contribution in [0, 0.1) is 0 Å². The van der Waals surface area contributed by atoms with E-state index >= 15 is 0 Å². The van der Waals surface area contributed by atoms with E-state index in [1.54, 1.807) is 6.07 Å². The minimum atomic E-state index is -0.132. The maximum Gasteiger partial charge on any atom is 0.255 e. The van der Waals surface area contributed by atoms with Gasteiger partial charge in [0.1, 0.15) is 0 Å². The molecule has 0 spiro atoms. The van der Waals surface area contributed by atoms with Crippen molar-refractivity contribution in [3.05, 3.63) is 46.1 Å². The fourth-order valence-corrected chi connectivity index (χ4v) is 2.64. The second-order valence-electron chi connectivity index (χ2n) is 4.43. The lowest BCUT2D eigenvalue weighted by molar-refractivity contribution is 0.0946. The molecule has 1 aromatic carbocycles. The number of benzene rings is 1. The first-order chi connectivity index (χ1) is 9.15. The van der Waals surface area contributed by atoms with E-state index in [1.165, 1.54) is 0 Å². The lowest BCUT2D eigenvalue weighted by Gasteiger charge is -2.18. The molecule has 0 aliphatic carbocycles. The number of halogens is 1. The minimum Gasteiger partial charge on any atom is -0.398 e. The number of amides is 1. The molecular formula is C14H12BrN3O. The topological polar surface area (TPSA) is 68.0 Å². The summed E-state index contributed by atoms with van der Waals surface area (Å²) in [4.78, 5) is 16.3. The Bertz CT molecular complexity index is 670. The monoisotopic (exact) mass is 317 g/mol. The Morgan fingerprint density at radius 1 is 1.32 bits per heavy atom. The first-order valence-corrected chi connectivity index (χ1v) is 6.78. The van der Waals surface area contributed by atoms with Crippen molar-refractivity contribution < 1.29 is 4.79 Å². The second kappa shape index (κ2) is 4.66. The van der Waals surface area contributed by atoms with Crippen molar-refractivity contribution >= 4 is 27.5 Å². The zero-order chi connectivity index (χ0) is 13.4. The number of anilines is 1. The van der Waals surface area contributed by atoms with Gasteiger partial charge in [0.2, 0.25) is 0 Å². The number of nitrogens with one attached hydrogen (secondary N) is 1. The van der Waals surface area contributed by atoms with E-state index in [1.807, 2.05) is 24.3 Å². The predicted octanol–water partition coefficient (Wildman–Crippen LogP) is 2.38. The van der Waals surface area contributed by atoms with Gasteiger partial charge in [-0.3, -0.25) is 9.78 Å². The predicted molar refractivity (Wildman–Crippen MR) is 77.8 cm³/mol. The van der Waals surface area contributed by atoms with Crippen LogP contribution >= 0.6 is 15.9 Å². The molecule has 3 N–H and O–H groups in total. The highest BCUT2D eigenvalue weighted by Gasteiger charge is 2.21. The summed E-state index contributed by atoms with van der Waals surface area (Å²) >= 11 is 3.44. The van der Waals surface area contributed by atoms with Crippen LogP contribution in [0.1, 0.15) is 16.1 Å². The quantitative estimate of drug-likeness (QED) is 0.848. The molecule has 0 radical (unpaired) electrons. The van der Waals surface area contributed by atoms with Gasteiger partial charge in [-0.2, -0.15) is 0 Å². The lowest BCUT2D eigenvalue weighted by atomic mass is 10.0. The Labute approximate surface area is 119 Å². The van der Waals surface area contributed by atoms with Crippen LogP contribution in [0.5, 0.6) is 0 Å². The van der Waals surface area contributed by atoms with Crippen LogP contribution in [-0.4, -0.2) is 17.4 Å². The number of fused-ring (bicyclic) bond motifs is 1. The summed E-state index contributed by atoms with van der Waals surface area (Å²) in [5.41, 5.74) is 9.55. The Hall–Kier alpha value is -1.88.